The van der Waals surface area contributed by atoms with Gasteiger partial charge in [-0.05, 0) is 42.8 Å². The van der Waals surface area contributed by atoms with E-state index in [4.69, 9.17) is 11.1 Å². The van der Waals surface area contributed by atoms with Gasteiger partial charge in [0.1, 0.15) is 5.56 Å². The van der Waals surface area contributed by atoms with Gasteiger partial charge in [0.05, 0.1) is 18.8 Å². The zero-order valence-corrected chi connectivity index (χ0v) is 20.8. The second-order valence-corrected chi connectivity index (χ2v) is 8.62. The molecule has 1 heterocycles. The number of benzene rings is 3. The molecule has 4 aromatic rings. The molecule has 38 heavy (non-hydrogen) atoms. The largest absolute Gasteiger partial charge is 0.398 e. The van der Waals surface area contributed by atoms with Crippen LogP contribution in [0.25, 0.3) is 0 Å². The van der Waals surface area contributed by atoms with Crippen LogP contribution in [0.5, 0.6) is 0 Å². The van der Waals surface area contributed by atoms with Crippen LogP contribution in [0.4, 0.5) is 14.5 Å². The Balaban J connectivity index is 1.44. The normalized spacial score (nSPS) is 10.5. The number of carbonyl (C=O) groups excluding carboxylic acids is 1. The fourth-order valence-electron chi connectivity index (χ4n) is 4.00. The lowest BCUT2D eigenvalue weighted by Gasteiger charge is -2.08. The van der Waals surface area contributed by atoms with Crippen LogP contribution in [-0.4, -0.2) is 27.5 Å². The molecule has 0 atom stereocenters. The van der Waals surface area contributed by atoms with Crippen LogP contribution < -0.4 is 16.6 Å². The number of amides is 1. The van der Waals surface area contributed by atoms with Gasteiger partial charge in [-0.1, -0.05) is 48.2 Å². The van der Waals surface area contributed by atoms with Crippen molar-refractivity contribution in [3.05, 3.63) is 122 Å². The second-order valence-electron chi connectivity index (χ2n) is 8.62. The summed E-state index contributed by atoms with van der Waals surface area (Å²) < 4.78 is 29.6. The van der Waals surface area contributed by atoms with Crippen molar-refractivity contribution in [1.82, 2.24) is 14.7 Å². The summed E-state index contributed by atoms with van der Waals surface area (Å²) in [7, 11) is 1.61. The quantitative estimate of drug-likeness (QED) is 0.208. The second kappa shape index (κ2) is 11.0. The number of carbonyl (C=O) groups is 1. The number of anilines is 1. The molecule has 0 saturated heterocycles. The molecule has 0 aliphatic heterocycles. The molecule has 3 aromatic carbocycles. The predicted molar refractivity (Wildman–Crippen MR) is 142 cm³/mol. The lowest BCUT2D eigenvalue weighted by molar-refractivity contribution is 0.0956. The van der Waals surface area contributed by atoms with Gasteiger partial charge in [0.2, 0.25) is 0 Å². The SMILES string of the molecule is Cc1c(C(=O)NCC#Cc2ccc(C(=N)c3ccccc3)c(N)c2)c(=O)n(Cc2ccc(F)c(F)c2)n1C. The van der Waals surface area contributed by atoms with Crippen molar-refractivity contribution in [3.8, 4) is 11.8 Å². The molecule has 0 spiro atoms. The van der Waals surface area contributed by atoms with Gasteiger partial charge in [-0.25, -0.2) is 13.5 Å². The van der Waals surface area contributed by atoms with Gasteiger partial charge in [0.15, 0.2) is 11.6 Å². The molecule has 192 valence electrons. The molecule has 0 saturated carbocycles. The molecule has 0 radical (unpaired) electrons. The molecule has 0 aliphatic carbocycles. The summed E-state index contributed by atoms with van der Waals surface area (Å²) in [6.45, 7) is 1.58. The number of hydrogen-bond donors (Lipinski definition) is 3. The Morgan fingerprint density at radius 3 is 2.47 bits per heavy atom. The van der Waals surface area contributed by atoms with E-state index >= 15 is 0 Å². The minimum absolute atomic E-state index is 0.0166. The van der Waals surface area contributed by atoms with Gasteiger partial charge >= 0.3 is 0 Å². The van der Waals surface area contributed by atoms with Crippen molar-refractivity contribution >= 4 is 17.3 Å². The van der Waals surface area contributed by atoms with E-state index in [0.29, 0.717) is 33.8 Å². The smallest absolute Gasteiger partial charge is 0.280 e. The van der Waals surface area contributed by atoms with Gasteiger partial charge in [-0.3, -0.25) is 19.7 Å². The molecular formula is C29H25F2N5O2. The van der Waals surface area contributed by atoms with E-state index in [1.165, 1.54) is 15.4 Å². The fraction of sp³-hybridized carbons (Fsp3) is 0.138. The number of nitrogens with zero attached hydrogens (tertiary/aromatic N) is 2. The minimum Gasteiger partial charge on any atom is -0.398 e. The van der Waals surface area contributed by atoms with Crippen LogP contribution in [0.1, 0.15) is 38.3 Å². The zero-order valence-electron chi connectivity index (χ0n) is 20.8. The van der Waals surface area contributed by atoms with Gasteiger partial charge in [0.25, 0.3) is 11.5 Å². The minimum atomic E-state index is -1.01. The molecule has 0 fully saturated rings. The average molecular weight is 514 g/mol. The molecule has 1 amide bonds. The first-order chi connectivity index (χ1) is 18.2. The molecule has 0 aliphatic rings. The summed E-state index contributed by atoms with van der Waals surface area (Å²) in [6.07, 6.45) is 0. The van der Waals surface area contributed by atoms with Crippen LogP contribution in [-0.2, 0) is 13.6 Å². The zero-order chi connectivity index (χ0) is 27.4. The maximum absolute atomic E-state index is 13.6. The highest BCUT2D eigenvalue weighted by molar-refractivity contribution is 6.13. The Morgan fingerprint density at radius 1 is 1.05 bits per heavy atom. The average Bonchev–Trinajstić information content (AvgIpc) is 3.11. The Hall–Kier alpha value is -4.97. The Labute approximate surface area is 218 Å². The molecular weight excluding hydrogens is 488 g/mol. The standard InChI is InChI=1S/C29H25F2N5O2/c1-18-26(29(38)36(35(18)2)17-20-11-13-23(30)24(31)15-20)28(37)34-14-6-7-19-10-12-22(25(32)16-19)27(33)21-8-4-3-5-9-21/h3-5,8-13,15-16,33H,14,17,32H2,1-2H3,(H,34,37). The maximum atomic E-state index is 13.6. The van der Waals surface area contributed by atoms with Gasteiger partial charge in [-0.2, -0.15) is 0 Å². The first-order valence-electron chi connectivity index (χ1n) is 11.7. The lowest BCUT2D eigenvalue weighted by Crippen LogP contribution is -2.31. The summed E-state index contributed by atoms with van der Waals surface area (Å²) in [5.41, 5.74) is 9.04. The first kappa shape index (κ1) is 26.1. The topological polar surface area (TPSA) is 106 Å². The van der Waals surface area contributed by atoms with Crippen LogP contribution in [0.15, 0.2) is 71.5 Å². The summed E-state index contributed by atoms with van der Waals surface area (Å²) >= 11 is 0. The summed E-state index contributed by atoms with van der Waals surface area (Å²) in [5, 5.41) is 11.0. The van der Waals surface area contributed by atoms with E-state index in [0.717, 1.165) is 17.7 Å². The Bertz CT molecular complexity index is 1660. The van der Waals surface area contributed by atoms with Gasteiger partial charge in [-0.15, -0.1) is 0 Å². The molecule has 4 rings (SSSR count). The molecule has 7 nitrogen and oxygen atoms in total. The van der Waals surface area contributed by atoms with Crippen LogP contribution in [0.3, 0.4) is 0 Å². The molecule has 0 bridgehead atoms. The van der Waals surface area contributed by atoms with E-state index in [9.17, 15) is 18.4 Å². The van der Waals surface area contributed by atoms with Crippen LogP contribution in [0, 0.1) is 35.8 Å². The third-order valence-electron chi connectivity index (χ3n) is 6.15. The number of aromatic nitrogens is 2. The number of nitrogens with two attached hydrogens (primary N) is 1. The number of nitrogen functional groups attached to an aromatic ring is 1. The molecule has 0 unspecified atom stereocenters. The van der Waals surface area contributed by atoms with E-state index in [1.54, 1.807) is 32.2 Å². The fourth-order valence-corrected chi connectivity index (χ4v) is 4.00. The van der Waals surface area contributed by atoms with Crippen LogP contribution >= 0.6 is 0 Å². The summed E-state index contributed by atoms with van der Waals surface area (Å²) in [5.74, 6) is 3.18. The maximum Gasteiger partial charge on any atom is 0.280 e. The van der Waals surface area contributed by atoms with Crippen molar-refractivity contribution in [3.63, 3.8) is 0 Å². The van der Waals surface area contributed by atoms with E-state index in [2.05, 4.69) is 17.2 Å². The monoisotopic (exact) mass is 513 g/mol. The van der Waals surface area contributed by atoms with Crippen molar-refractivity contribution in [2.24, 2.45) is 7.05 Å². The van der Waals surface area contributed by atoms with Gasteiger partial charge in [0, 0.05) is 35.1 Å². The van der Waals surface area contributed by atoms with Crippen molar-refractivity contribution in [1.29, 1.82) is 5.41 Å². The number of hydrogen-bond acceptors (Lipinski definition) is 4. The first-order valence-corrected chi connectivity index (χ1v) is 11.7. The van der Waals surface area contributed by atoms with E-state index in [1.807, 2.05) is 30.3 Å². The number of nitrogens with one attached hydrogen (secondary N) is 2. The molecule has 4 N–H and O–H groups in total. The highest BCUT2D eigenvalue weighted by Gasteiger charge is 2.21. The number of halogens is 2. The molecule has 1 aromatic heterocycles. The third kappa shape index (κ3) is 5.39. The van der Waals surface area contributed by atoms with Crippen molar-refractivity contribution in [2.75, 3.05) is 12.3 Å². The molecule has 9 heteroatoms. The van der Waals surface area contributed by atoms with E-state index < -0.39 is 23.1 Å². The summed E-state index contributed by atoms with van der Waals surface area (Å²) in [4.78, 5) is 25.7. The predicted octanol–water partition coefficient (Wildman–Crippen LogP) is 3.60. The van der Waals surface area contributed by atoms with Crippen LogP contribution in [0.2, 0.25) is 0 Å². The van der Waals surface area contributed by atoms with Crippen molar-refractivity contribution < 1.29 is 13.6 Å². The Kier molecular flexibility index (Phi) is 7.53. The van der Waals surface area contributed by atoms with E-state index in [-0.39, 0.29) is 18.7 Å². The lowest BCUT2D eigenvalue weighted by atomic mass is 9.99. The van der Waals surface area contributed by atoms with Gasteiger partial charge < -0.3 is 11.1 Å². The highest BCUT2D eigenvalue weighted by atomic mass is 19.2. The third-order valence-corrected chi connectivity index (χ3v) is 6.15. The Morgan fingerprint density at radius 2 is 1.79 bits per heavy atom. The van der Waals surface area contributed by atoms with Crippen molar-refractivity contribution in [2.45, 2.75) is 13.5 Å². The highest BCUT2D eigenvalue weighted by Crippen LogP contribution is 2.18. The summed E-state index contributed by atoms with van der Waals surface area (Å²) in [6, 6.07) is 17.8. The number of rotatable bonds is 6.